The van der Waals surface area contributed by atoms with Crippen LogP contribution in [-0.2, 0) is 5.41 Å². The van der Waals surface area contributed by atoms with Crippen molar-refractivity contribution in [3.05, 3.63) is 29.8 Å². The standard InChI is InChI=1S/C16H25NO/c1-4-10-17-12-14-11-16(14,5-2)13-6-8-15(18-3)9-7-13/h6-9,14,17H,4-5,10-12H2,1-3H3. The Labute approximate surface area is 111 Å². The van der Waals surface area contributed by atoms with Crippen LogP contribution in [0.1, 0.15) is 38.7 Å². The molecule has 2 unspecified atom stereocenters. The van der Waals surface area contributed by atoms with Gasteiger partial charge in [-0.3, -0.25) is 0 Å². The minimum atomic E-state index is 0.424. The van der Waals surface area contributed by atoms with E-state index in [1.165, 1.54) is 24.8 Å². The highest BCUT2D eigenvalue weighted by Gasteiger charge is 2.52. The van der Waals surface area contributed by atoms with Gasteiger partial charge in [0, 0.05) is 0 Å². The van der Waals surface area contributed by atoms with E-state index in [4.69, 9.17) is 4.74 Å². The van der Waals surface area contributed by atoms with E-state index in [1.807, 2.05) is 0 Å². The van der Waals surface area contributed by atoms with E-state index in [-0.39, 0.29) is 0 Å². The molecule has 2 nitrogen and oxygen atoms in total. The van der Waals surface area contributed by atoms with Crippen molar-refractivity contribution in [3.63, 3.8) is 0 Å². The second-order valence-electron chi connectivity index (χ2n) is 5.34. The van der Waals surface area contributed by atoms with Gasteiger partial charge in [0.2, 0.25) is 0 Å². The van der Waals surface area contributed by atoms with Crippen LogP contribution in [-0.4, -0.2) is 20.2 Å². The van der Waals surface area contributed by atoms with Gasteiger partial charge in [0.15, 0.2) is 0 Å². The van der Waals surface area contributed by atoms with E-state index in [0.29, 0.717) is 5.41 Å². The molecular formula is C16H25NO. The molecule has 1 aromatic carbocycles. The van der Waals surface area contributed by atoms with E-state index in [1.54, 1.807) is 7.11 Å². The zero-order valence-corrected chi connectivity index (χ0v) is 11.8. The van der Waals surface area contributed by atoms with Crippen LogP contribution in [0.4, 0.5) is 0 Å². The smallest absolute Gasteiger partial charge is 0.118 e. The van der Waals surface area contributed by atoms with Crippen LogP contribution in [0.3, 0.4) is 0 Å². The van der Waals surface area contributed by atoms with Crippen molar-refractivity contribution in [1.82, 2.24) is 5.32 Å². The Bertz CT molecular complexity index is 373. The lowest BCUT2D eigenvalue weighted by Gasteiger charge is -2.16. The van der Waals surface area contributed by atoms with E-state index in [0.717, 1.165) is 24.8 Å². The Hall–Kier alpha value is -1.02. The number of benzene rings is 1. The molecule has 0 saturated heterocycles. The van der Waals surface area contributed by atoms with Gasteiger partial charge < -0.3 is 10.1 Å². The SMILES string of the molecule is CCCNCC1CC1(CC)c1ccc(OC)cc1. The number of methoxy groups -OCH3 is 1. The zero-order chi connectivity index (χ0) is 13.0. The maximum Gasteiger partial charge on any atom is 0.118 e. The molecule has 2 atom stereocenters. The fourth-order valence-electron chi connectivity index (χ4n) is 3.02. The van der Waals surface area contributed by atoms with Crippen molar-refractivity contribution in [2.45, 2.75) is 38.5 Å². The average Bonchev–Trinajstić information content (AvgIpc) is 3.14. The molecule has 1 saturated carbocycles. The van der Waals surface area contributed by atoms with Crippen LogP contribution in [0.2, 0.25) is 0 Å². The quantitative estimate of drug-likeness (QED) is 0.746. The second-order valence-corrected chi connectivity index (χ2v) is 5.34. The summed E-state index contributed by atoms with van der Waals surface area (Å²) in [7, 11) is 1.72. The summed E-state index contributed by atoms with van der Waals surface area (Å²) < 4.78 is 5.23. The zero-order valence-electron chi connectivity index (χ0n) is 11.8. The molecule has 0 spiro atoms. The third kappa shape index (κ3) is 2.54. The summed E-state index contributed by atoms with van der Waals surface area (Å²) in [6.45, 7) is 6.83. The highest BCUT2D eigenvalue weighted by molar-refractivity contribution is 5.37. The Kier molecular flexibility index (Phi) is 4.28. The molecule has 2 heteroatoms. The van der Waals surface area contributed by atoms with Gasteiger partial charge in [0.25, 0.3) is 0 Å². The first kappa shape index (κ1) is 13.4. The summed E-state index contributed by atoms with van der Waals surface area (Å²) in [6.07, 6.45) is 3.78. The third-order valence-electron chi connectivity index (χ3n) is 4.35. The molecule has 0 radical (unpaired) electrons. The van der Waals surface area contributed by atoms with Gasteiger partial charge >= 0.3 is 0 Å². The lowest BCUT2D eigenvalue weighted by Crippen LogP contribution is -2.21. The summed E-state index contributed by atoms with van der Waals surface area (Å²) in [5.41, 5.74) is 1.90. The fraction of sp³-hybridized carbons (Fsp3) is 0.625. The molecule has 0 amide bonds. The van der Waals surface area contributed by atoms with Crippen molar-refractivity contribution in [3.8, 4) is 5.75 Å². The highest BCUT2D eigenvalue weighted by Crippen LogP contribution is 2.56. The van der Waals surface area contributed by atoms with Crippen molar-refractivity contribution < 1.29 is 4.74 Å². The molecule has 1 fully saturated rings. The fourth-order valence-corrected chi connectivity index (χ4v) is 3.02. The minimum absolute atomic E-state index is 0.424. The van der Waals surface area contributed by atoms with Crippen molar-refractivity contribution in [2.75, 3.05) is 20.2 Å². The maximum absolute atomic E-state index is 5.23. The van der Waals surface area contributed by atoms with Crippen LogP contribution in [0.25, 0.3) is 0 Å². The average molecular weight is 247 g/mol. The first-order valence-electron chi connectivity index (χ1n) is 7.12. The minimum Gasteiger partial charge on any atom is -0.497 e. The van der Waals surface area contributed by atoms with Gasteiger partial charge in [-0.15, -0.1) is 0 Å². The summed E-state index contributed by atoms with van der Waals surface area (Å²) >= 11 is 0. The molecule has 0 aromatic heterocycles. The summed E-state index contributed by atoms with van der Waals surface area (Å²) in [6, 6.07) is 8.65. The molecule has 0 aliphatic heterocycles. The second kappa shape index (κ2) is 5.75. The van der Waals surface area contributed by atoms with Crippen LogP contribution in [0.15, 0.2) is 24.3 Å². The number of nitrogens with one attached hydrogen (secondary N) is 1. The Morgan fingerprint density at radius 3 is 2.56 bits per heavy atom. The first-order valence-corrected chi connectivity index (χ1v) is 7.12. The first-order chi connectivity index (χ1) is 8.76. The largest absolute Gasteiger partial charge is 0.497 e. The van der Waals surface area contributed by atoms with E-state index in [2.05, 4.69) is 43.4 Å². The number of ether oxygens (including phenoxy) is 1. The lowest BCUT2D eigenvalue weighted by atomic mass is 9.90. The Balaban J connectivity index is 2.00. The number of rotatable bonds is 7. The molecule has 1 aliphatic carbocycles. The molecule has 1 N–H and O–H groups in total. The number of hydrogen-bond donors (Lipinski definition) is 1. The molecule has 100 valence electrons. The molecule has 2 rings (SSSR count). The summed E-state index contributed by atoms with van der Waals surface area (Å²) in [4.78, 5) is 0. The van der Waals surface area contributed by atoms with E-state index < -0.39 is 0 Å². The third-order valence-corrected chi connectivity index (χ3v) is 4.35. The molecular weight excluding hydrogens is 222 g/mol. The Morgan fingerprint density at radius 1 is 1.28 bits per heavy atom. The van der Waals surface area contributed by atoms with E-state index in [9.17, 15) is 0 Å². The summed E-state index contributed by atoms with van der Waals surface area (Å²) in [5, 5.41) is 3.55. The Morgan fingerprint density at radius 2 is 2.00 bits per heavy atom. The molecule has 18 heavy (non-hydrogen) atoms. The van der Waals surface area contributed by atoms with Crippen molar-refractivity contribution in [1.29, 1.82) is 0 Å². The van der Waals surface area contributed by atoms with Crippen LogP contribution < -0.4 is 10.1 Å². The van der Waals surface area contributed by atoms with Crippen LogP contribution in [0.5, 0.6) is 5.75 Å². The van der Waals surface area contributed by atoms with Crippen molar-refractivity contribution in [2.24, 2.45) is 5.92 Å². The molecule has 1 aliphatic rings. The monoisotopic (exact) mass is 247 g/mol. The van der Waals surface area contributed by atoms with Crippen LogP contribution >= 0.6 is 0 Å². The summed E-state index contributed by atoms with van der Waals surface area (Å²) in [5.74, 6) is 1.76. The van der Waals surface area contributed by atoms with Gasteiger partial charge in [-0.25, -0.2) is 0 Å². The van der Waals surface area contributed by atoms with Gasteiger partial charge in [0.1, 0.15) is 5.75 Å². The predicted octanol–water partition coefficient (Wildman–Crippen LogP) is 3.36. The molecule has 1 aromatic rings. The van der Waals surface area contributed by atoms with Crippen molar-refractivity contribution >= 4 is 0 Å². The van der Waals surface area contributed by atoms with Gasteiger partial charge in [0.05, 0.1) is 7.11 Å². The van der Waals surface area contributed by atoms with E-state index >= 15 is 0 Å². The maximum atomic E-state index is 5.23. The normalized spacial score (nSPS) is 26.1. The highest BCUT2D eigenvalue weighted by atomic mass is 16.5. The topological polar surface area (TPSA) is 21.3 Å². The van der Waals surface area contributed by atoms with Gasteiger partial charge in [-0.05, 0) is 61.4 Å². The molecule has 0 heterocycles. The molecule has 0 bridgehead atoms. The van der Waals surface area contributed by atoms with Gasteiger partial charge in [-0.1, -0.05) is 26.0 Å². The predicted molar refractivity (Wildman–Crippen MR) is 76.2 cm³/mol. The van der Waals surface area contributed by atoms with Gasteiger partial charge in [-0.2, -0.15) is 0 Å². The van der Waals surface area contributed by atoms with Crippen LogP contribution in [0, 0.1) is 5.92 Å². The number of hydrogen-bond acceptors (Lipinski definition) is 2. The lowest BCUT2D eigenvalue weighted by molar-refractivity contribution is 0.414.